The molecule has 0 unspecified atom stereocenters. The van der Waals surface area contributed by atoms with Crippen LogP contribution in [0.4, 0.5) is 0 Å². The lowest BCUT2D eigenvalue weighted by molar-refractivity contribution is -0.124. The average Bonchev–Trinajstić information content (AvgIpc) is 2.26. The second-order valence-corrected chi connectivity index (χ2v) is 5.81. The van der Waals surface area contributed by atoms with Crippen LogP contribution in [0.2, 0.25) is 5.02 Å². The van der Waals surface area contributed by atoms with Crippen LogP contribution in [0.1, 0.15) is 26.3 Å². The van der Waals surface area contributed by atoms with E-state index in [-0.39, 0.29) is 18.1 Å². The van der Waals surface area contributed by atoms with Crippen LogP contribution >= 0.6 is 11.6 Å². The summed E-state index contributed by atoms with van der Waals surface area (Å²) in [7, 11) is 0. The van der Waals surface area contributed by atoms with Crippen molar-refractivity contribution in [3.8, 4) is 5.75 Å². The summed E-state index contributed by atoms with van der Waals surface area (Å²) in [5.74, 6) is 0.500. The second-order valence-electron chi connectivity index (χ2n) is 5.38. The molecule has 0 aliphatic rings. The Morgan fingerprint density at radius 3 is 2.68 bits per heavy atom. The minimum atomic E-state index is -0.263. The molecule has 0 saturated carbocycles. The minimum absolute atomic E-state index is 0.0174. The third-order valence-corrected chi connectivity index (χ3v) is 2.54. The van der Waals surface area contributed by atoms with Gasteiger partial charge in [0, 0.05) is 10.6 Å². The van der Waals surface area contributed by atoms with Crippen LogP contribution in [0.25, 0.3) is 0 Å². The van der Waals surface area contributed by atoms with Crippen molar-refractivity contribution in [1.29, 1.82) is 0 Å². The molecule has 1 amide bonds. The van der Waals surface area contributed by atoms with Crippen LogP contribution in [-0.4, -0.2) is 24.6 Å². The molecule has 0 aliphatic carbocycles. The van der Waals surface area contributed by atoms with Crippen LogP contribution < -0.4 is 15.8 Å². The lowest BCUT2D eigenvalue weighted by atomic mass is 10.1. The number of nitrogens with two attached hydrogens (primary N) is 1. The largest absolute Gasteiger partial charge is 0.483 e. The molecule has 0 saturated heterocycles. The van der Waals surface area contributed by atoms with Gasteiger partial charge in [0.2, 0.25) is 0 Å². The van der Waals surface area contributed by atoms with Crippen LogP contribution in [0.3, 0.4) is 0 Å². The number of hydrogen-bond donors (Lipinski definition) is 2. The number of amides is 1. The zero-order valence-electron chi connectivity index (χ0n) is 11.6. The number of halogens is 1. The maximum Gasteiger partial charge on any atom is 0.258 e. The van der Waals surface area contributed by atoms with Crippen molar-refractivity contribution in [2.24, 2.45) is 5.73 Å². The summed E-state index contributed by atoms with van der Waals surface area (Å²) in [6.07, 6.45) is 0.663. The van der Waals surface area contributed by atoms with Gasteiger partial charge in [-0.1, -0.05) is 11.6 Å². The van der Waals surface area contributed by atoms with Crippen LogP contribution in [-0.2, 0) is 11.2 Å². The van der Waals surface area contributed by atoms with Gasteiger partial charge in [-0.25, -0.2) is 0 Å². The van der Waals surface area contributed by atoms with Crippen molar-refractivity contribution in [2.75, 3.05) is 13.2 Å². The molecule has 0 radical (unpaired) electrons. The number of carbonyl (C=O) groups excluding carboxylic acids is 1. The third kappa shape index (κ3) is 5.94. The first-order valence-corrected chi connectivity index (χ1v) is 6.62. The molecule has 3 N–H and O–H groups in total. The summed E-state index contributed by atoms with van der Waals surface area (Å²) in [6, 6.07) is 5.31. The standard InChI is InChI=1S/C14H21ClN2O2/c1-14(2,3)17-13(18)9-19-12-5-4-11(15)8-10(12)6-7-16/h4-5,8H,6-7,9,16H2,1-3H3,(H,17,18). The predicted octanol–water partition coefficient (Wildman–Crippen LogP) is 2.13. The highest BCUT2D eigenvalue weighted by atomic mass is 35.5. The Balaban J connectivity index is 2.64. The Labute approximate surface area is 119 Å². The molecule has 0 bridgehead atoms. The summed E-state index contributed by atoms with van der Waals surface area (Å²) in [4.78, 5) is 11.7. The molecule has 0 atom stereocenters. The van der Waals surface area contributed by atoms with E-state index >= 15 is 0 Å². The first kappa shape index (κ1) is 15.8. The number of rotatable bonds is 5. The normalized spacial score (nSPS) is 11.2. The average molecular weight is 285 g/mol. The fourth-order valence-electron chi connectivity index (χ4n) is 1.64. The number of benzene rings is 1. The van der Waals surface area contributed by atoms with Gasteiger partial charge in [0.15, 0.2) is 6.61 Å². The summed E-state index contributed by atoms with van der Waals surface area (Å²) in [6.45, 7) is 6.26. The molecule has 19 heavy (non-hydrogen) atoms. The van der Waals surface area contributed by atoms with Crippen molar-refractivity contribution in [3.63, 3.8) is 0 Å². The summed E-state index contributed by atoms with van der Waals surface area (Å²) in [5.41, 5.74) is 6.19. The zero-order chi connectivity index (χ0) is 14.5. The van der Waals surface area contributed by atoms with Crippen LogP contribution in [0.15, 0.2) is 18.2 Å². The fourth-order valence-corrected chi connectivity index (χ4v) is 1.83. The molecular formula is C14H21ClN2O2. The second kappa shape index (κ2) is 6.78. The fraction of sp³-hybridized carbons (Fsp3) is 0.500. The highest BCUT2D eigenvalue weighted by Crippen LogP contribution is 2.23. The topological polar surface area (TPSA) is 64.3 Å². The molecule has 0 aliphatic heterocycles. The Morgan fingerprint density at radius 2 is 2.11 bits per heavy atom. The maximum absolute atomic E-state index is 11.7. The SMILES string of the molecule is CC(C)(C)NC(=O)COc1ccc(Cl)cc1CCN. The molecule has 0 heterocycles. The van der Waals surface area contributed by atoms with Crippen molar-refractivity contribution in [1.82, 2.24) is 5.32 Å². The predicted molar refractivity (Wildman–Crippen MR) is 77.6 cm³/mol. The minimum Gasteiger partial charge on any atom is -0.483 e. The monoisotopic (exact) mass is 284 g/mol. The van der Waals surface area contributed by atoms with E-state index in [1.165, 1.54) is 0 Å². The van der Waals surface area contributed by atoms with E-state index in [9.17, 15) is 4.79 Å². The van der Waals surface area contributed by atoms with Gasteiger partial charge in [0.25, 0.3) is 5.91 Å². The first-order chi connectivity index (χ1) is 8.81. The molecule has 1 aromatic rings. The Bertz CT molecular complexity index is 442. The van der Waals surface area contributed by atoms with Gasteiger partial charge >= 0.3 is 0 Å². The van der Waals surface area contributed by atoms with E-state index < -0.39 is 0 Å². The summed E-state index contributed by atoms with van der Waals surface area (Å²) in [5, 5.41) is 3.47. The van der Waals surface area contributed by atoms with Gasteiger partial charge in [-0.05, 0) is 57.5 Å². The van der Waals surface area contributed by atoms with Crippen LogP contribution in [0.5, 0.6) is 5.75 Å². The first-order valence-electron chi connectivity index (χ1n) is 6.24. The Hall–Kier alpha value is -1.26. The Kier molecular flexibility index (Phi) is 5.63. The van der Waals surface area contributed by atoms with Crippen molar-refractivity contribution in [2.45, 2.75) is 32.7 Å². The van der Waals surface area contributed by atoms with Gasteiger partial charge in [-0.15, -0.1) is 0 Å². The van der Waals surface area contributed by atoms with E-state index in [2.05, 4.69) is 5.32 Å². The molecule has 106 valence electrons. The highest BCUT2D eigenvalue weighted by molar-refractivity contribution is 6.30. The molecule has 1 rings (SSSR count). The molecule has 4 nitrogen and oxygen atoms in total. The van der Waals surface area contributed by atoms with Crippen LogP contribution in [0, 0.1) is 0 Å². The molecule has 1 aromatic carbocycles. The Morgan fingerprint density at radius 1 is 1.42 bits per heavy atom. The van der Waals surface area contributed by atoms with Crippen molar-refractivity contribution in [3.05, 3.63) is 28.8 Å². The molecule has 0 fully saturated rings. The highest BCUT2D eigenvalue weighted by Gasteiger charge is 2.14. The number of carbonyl (C=O) groups is 1. The quantitative estimate of drug-likeness (QED) is 0.871. The number of ether oxygens (including phenoxy) is 1. The molecule has 0 spiro atoms. The number of hydrogen-bond acceptors (Lipinski definition) is 3. The number of nitrogens with one attached hydrogen (secondary N) is 1. The van der Waals surface area contributed by atoms with E-state index in [0.29, 0.717) is 23.7 Å². The summed E-state index contributed by atoms with van der Waals surface area (Å²) < 4.78 is 5.53. The van der Waals surface area contributed by atoms with Gasteiger partial charge in [0.05, 0.1) is 0 Å². The van der Waals surface area contributed by atoms with E-state index in [0.717, 1.165) is 5.56 Å². The maximum atomic E-state index is 11.7. The molecule has 5 heteroatoms. The zero-order valence-corrected chi connectivity index (χ0v) is 12.4. The van der Waals surface area contributed by atoms with Gasteiger partial charge in [-0.2, -0.15) is 0 Å². The lowest BCUT2D eigenvalue weighted by Gasteiger charge is -2.20. The van der Waals surface area contributed by atoms with Gasteiger partial charge in [-0.3, -0.25) is 4.79 Å². The smallest absolute Gasteiger partial charge is 0.258 e. The van der Waals surface area contributed by atoms with Crippen molar-refractivity contribution >= 4 is 17.5 Å². The third-order valence-electron chi connectivity index (χ3n) is 2.31. The lowest BCUT2D eigenvalue weighted by Crippen LogP contribution is -2.43. The van der Waals surface area contributed by atoms with Gasteiger partial charge < -0.3 is 15.8 Å². The van der Waals surface area contributed by atoms with Crippen molar-refractivity contribution < 1.29 is 9.53 Å². The van der Waals surface area contributed by atoms with E-state index in [1.54, 1.807) is 12.1 Å². The molecule has 0 aromatic heterocycles. The van der Waals surface area contributed by atoms with E-state index in [4.69, 9.17) is 22.1 Å². The van der Waals surface area contributed by atoms with E-state index in [1.807, 2.05) is 26.8 Å². The summed E-state index contributed by atoms with van der Waals surface area (Å²) >= 11 is 5.93. The van der Waals surface area contributed by atoms with Gasteiger partial charge in [0.1, 0.15) is 5.75 Å². The molecular weight excluding hydrogens is 264 g/mol.